The standard InChI is InChI=1S/C20H18F3N5O3/c1-28(11-17(24)29)18(12-5-6-15-16(9-12)31-8-7-30-15)26-19(27-28)25-14-4-2-3-13(10-14)20(21,22)23/h2-6,9-10H,7-8,11H2,1H3,(H2-,24,25,27,29)/p+1. The summed E-state index contributed by atoms with van der Waals surface area (Å²) < 4.78 is 49.8. The third-order valence-corrected chi connectivity index (χ3v) is 4.69. The number of guanidine groups is 1. The van der Waals surface area contributed by atoms with E-state index in [9.17, 15) is 18.0 Å². The van der Waals surface area contributed by atoms with Crippen LogP contribution in [0.15, 0.2) is 52.6 Å². The van der Waals surface area contributed by atoms with Gasteiger partial charge in [-0.15, -0.1) is 4.59 Å². The Bertz CT molecular complexity index is 1100. The summed E-state index contributed by atoms with van der Waals surface area (Å²) in [6, 6.07) is 9.86. The van der Waals surface area contributed by atoms with Gasteiger partial charge in [0.1, 0.15) is 20.3 Å². The minimum Gasteiger partial charge on any atom is -0.486 e. The van der Waals surface area contributed by atoms with Crippen LogP contribution in [0, 0.1) is 0 Å². The molecule has 0 spiro atoms. The molecule has 2 aliphatic rings. The Labute approximate surface area is 175 Å². The molecular weight excluding hydrogens is 415 g/mol. The van der Waals surface area contributed by atoms with Gasteiger partial charge in [0.05, 0.1) is 11.1 Å². The predicted molar refractivity (Wildman–Crippen MR) is 107 cm³/mol. The second-order valence-electron chi connectivity index (χ2n) is 7.18. The molecule has 11 heteroatoms. The fourth-order valence-electron chi connectivity index (χ4n) is 3.38. The van der Waals surface area contributed by atoms with Crippen molar-refractivity contribution in [3.63, 3.8) is 0 Å². The van der Waals surface area contributed by atoms with Crippen LogP contribution in [-0.4, -0.2) is 49.1 Å². The van der Waals surface area contributed by atoms with Crippen LogP contribution in [0.25, 0.3) is 0 Å². The number of anilines is 1. The van der Waals surface area contributed by atoms with Crippen molar-refractivity contribution in [1.82, 2.24) is 0 Å². The molecule has 3 N–H and O–H groups in total. The molecule has 2 aromatic carbocycles. The van der Waals surface area contributed by atoms with E-state index in [-0.39, 0.29) is 22.8 Å². The number of alkyl halides is 3. The van der Waals surface area contributed by atoms with Gasteiger partial charge in [0, 0.05) is 5.69 Å². The van der Waals surface area contributed by atoms with Gasteiger partial charge in [-0.05, 0) is 41.5 Å². The molecule has 0 radical (unpaired) electrons. The van der Waals surface area contributed by atoms with Crippen molar-refractivity contribution in [2.45, 2.75) is 6.18 Å². The largest absolute Gasteiger partial charge is 0.486 e. The van der Waals surface area contributed by atoms with Crippen LogP contribution in [0.5, 0.6) is 11.5 Å². The molecule has 2 aromatic rings. The van der Waals surface area contributed by atoms with Crippen LogP contribution < -0.4 is 20.5 Å². The number of carbonyl (C=O) groups excluding carboxylic acids is 1. The van der Waals surface area contributed by atoms with Crippen molar-refractivity contribution in [3.05, 3.63) is 53.6 Å². The lowest BCUT2D eigenvalue weighted by atomic mass is 10.1. The van der Waals surface area contributed by atoms with E-state index in [0.717, 1.165) is 12.1 Å². The van der Waals surface area contributed by atoms with E-state index in [1.165, 1.54) is 12.1 Å². The number of aliphatic imine (C=N–C) groups is 1. The number of amides is 1. The molecular formula is C20H19F3N5O3+. The third-order valence-electron chi connectivity index (χ3n) is 4.69. The maximum absolute atomic E-state index is 13.0. The van der Waals surface area contributed by atoms with Crippen molar-refractivity contribution in [1.29, 1.82) is 0 Å². The number of halogens is 3. The zero-order valence-electron chi connectivity index (χ0n) is 16.4. The van der Waals surface area contributed by atoms with Crippen molar-refractivity contribution in [2.75, 3.05) is 32.1 Å². The quantitative estimate of drug-likeness (QED) is 0.723. The predicted octanol–water partition coefficient (Wildman–Crippen LogP) is 2.55. The molecule has 0 saturated carbocycles. The Morgan fingerprint density at radius 2 is 1.90 bits per heavy atom. The number of primary amides is 1. The maximum atomic E-state index is 13.0. The Morgan fingerprint density at radius 3 is 2.61 bits per heavy atom. The number of nitrogens with one attached hydrogen (secondary N) is 1. The number of benzene rings is 2. The molecule has 0 saturated heterocycles. The smallest absolute Gasteiger partial charge is 0.416 e. The topological polar surface area (TPSA) is 98.3 Å². The van der Waals surface area contributed by atoms with Gasteiger partial charge in [-0.1, -0.05) is 6.07 Å². The first kappa shape index (κ1) is 20.7. The van der Waals surface area contributed by atoms with E-state index in [0.29, 0.717) is 36.1 Å². The number of carbonyl (C=O) groups is 1. The van der Waals surface area contributed by atoms with E-state index in [4.69, 9.17) is 15.2 Å². The molecule has 162 valence electrons. The van der Waals surface area contributed by atoms with Crippen molar-refractivity contribution < 1.29 is 32.0 Å². The molecule has 8 nitrogen and oxygen atoms in total. The Hall–Kier alpha value is -3.60. The number of fused-ring (bicyclic) bond motifs is 1. The monoisotopic (exact) mass is 434 g/mol. The lowest BCUT2D eigenvalue weighted by Crippen LogP contribution is -2.48. The SMILES string of the molecule is C[N+]1(CC(N)=O)N=C(Nc2cccc(C(F)(F)F)c2)N=C1c1ccc2c(c1)OCCO2. The van der Waals surface area contributed by atoms with E-state index in [1.807, 2.05) is 0 Å². The fraction of sp³-hybridized carbons (Fsp3) is 0.250. The Balaban J connectivity index is 1.68. The summed E-state index contributed by atoms with van der Waals surface area (Å²) in [6.45, 7) is 0.646. The van der Waals surface area contributed by atoms with Crippen molar-refractivity contribution in [2.24, 2.45) is 15.8 Å². The van der Waals surface area contributed by atoms with Gasteiger partial charge < -0.3 is 20.5 Å². The highest BCUT2D eigenvalue weighted by atomic mass is 19.4. The zero-order valence-corrected chi connectivity index (χ0v) is 16.4. The molecule has 0 aliphatic carbocycles. The van der Waals surface area contributed by atoms with Crippen LogP contribution in [-0.2, 0) is 11.0 Å². The molecule has 2 aliphatic heterocycles. The number of hydrogen-bond donors (Lipinski definition) is 2. The lowest BCUT2D eigenvalue weighted by Gasteiger charge is -2.24. The fourth-order valence-corrected chi connectivity index (χ4v) is 3.38. The molecule has 0 aromatic heterocycles. The van der Waals surface area contributed by atoms with E-state index >= 15 is 0 Å². The van der Waals surface area contributed by atoms with Gasteiger partial charge in [0.25, 0.3) is 17.7 Å². The van der Waals surface area contributed by atoms with Crippen molar-refractivity contribution >= 4 is 23.4 Å². The minimum absolute atomic E-state index is 0.0490. The van der Waals surface area contributed by atoms with Crippen LogP contribution >= 0.6 is 0 Å². The number of quaternary nitrogens is 1. The molecule has 4 rings (SSSR count). The van der Waals surface area contributed by atoms with Crippen LogP contribution in [0.1, 0.15) is 11.1 Å². The molecule has 0 fully saturated rings. The Kier molecular flexibility index (Phi) is 5.05. The van der Waals surface area contributed by atoms with E-state index in [1.54, 1.807) is 25.2 Å². The maximum Gasteiger partial charge on any atom is 0.416 e. The zero-order chi connectivity index (χ0) is 22.2. The molecule has 2 heterocycles. The lowest BCUT2D eigenvalue weighted by molar-refractivity contribution is -0.815. The molecule has 1 atom stereocenters. The minimum atomic E-state index is -4.48. The molecule has 0 bridgehead atoms. The van der Waals surface area contributed by atoms with Gasteiger partial charge in [0.15, 0.2) is 18.0 Å². The van der Waals surface area contributed by atoms with Gasteiger partial charge in [0.2, 0.25) is 0 Å². The second kappa shape index (κ2) is 7.58. The second-order valence-corrected chi connectivity index (χ2v) is 7.18. The summed E-state index contributed by atoms with van der Waals surface area (Å²) in [4.78, 5) is 16.1. The summed E-state index contributed by atoms with van der Waals surface area (Å²) >= 11 is 0. The summed E-state index contributed by atoms with van der Waals surface area (Å²) in [7, 11) is 1.63. The molecule has 1 amide bonds. The number of nitrogens with two attached hydrogens (primary N) is 1. The first-order valence-corrected chi connectivity index (χ1v) is 9.32. The summed E-state index contributed by atoms with van der Waals surface area (Å²) in [5.74, 6) is 0.923. The summed E-state index contributed by atoms with van der Waals surface area (Å²) in [6.07, 6.45) is -4.48. The van der Waals surface area contributed by atoms with Gasteiger partial charge in [-0.3, -0.25) is 4.79 Å². The highest BCUT2D eigenvalue weighted by molar-refractivity contribution is 6.09. The number of nitrogens with zero attached hydrogens (tertiary/aromatic N) is 3. The molecule has 31 heavy (non-hydrogen) atoms. The first-order chi connectivity index (χ1) is 14.6. The number of likely N-dealkylation sites (N-methyl/N-ethyl adjacent to an activating group) is 1. The normalized spacial score (nSPS) is 20.1. The first-order valence-electron chi connectivity index (χ1n) is 9.32. The number of ether oxygens (including phenoxy) is 2. The van der Waals surface area contributed by atoms with E-state index in [2.05, 4.69) is 15.4 Å². The molecule has 1 unspecified atom stereocenters. The third kappa shape index (κ3) is 4.31. The van der Waals surface area contributed by atoms with Crippen LogP contribution in [0.2, 0.25) is 0 Å². The van der Waals surface area contributed by atoms with Crippen LogP contribution in [0.4, 0.5) is 18.9 Å². The average molecular weight is 434 g/mol. The number of hydrogen-bond acceptors (Lipinski definition) is 6. The summed E-state index contributed by atoms with van der Waals surface area (Å²) in [5, 5.41) is 7.19. The highest BCUT2D eigenvalue weighted by Gasteiger charge is 2.40. The number of rotatable bonds is 4. The van der Waals surface area contributed by atoms with Gasteiger partial charge in [-0.25, -0.2) is 0 Å². The summed E-state index contributed by atoms with van der Waals surface area (Å²) in [5.41, 5.74) is 5.37. The average Bonchev–Trinajstić information content (AvgIpc) is 3.02. The van der Waals surface area contributed by atoms with Gasteiger partial charge >= 0.3 is 6.18 Å². The van der Waals surface area contributed by atoms with Crippen LogP contribution in [0.3, 0.4) is 0 Å². The van der Waals surface area contributed by atoms with E-state index < -0.39 is 17.6 Å². The highest BCUT2D eigenvalue weighted by Crippen LogP contribution is 2.33. The Morgan fingerprint density at radius 1 is 1.16 bits per heavy atom. The van der Waals surface area contributed by atoms with Crippen molar-refractivity contribution in [3.8, 4) is 11.5 Å². The van der Waals surface area contributed by atoms with Gasteiger partial charge in [-0.2, -0.15) is 18.2 Å². The number of amidine groups is 1.